The van der Waals surface area contributed by atoms with Crippen LogP contribution in [0.4, 0.5) is 4.39 Å². The smallest absolute Gasteiger partial charge is 0.236 e. The van der Waals surface area contributed by atoms with Crippen LogP contribution >= 0.6 is 15.9 Å². The Balaban J connectivity index is 2.13. The van der Waals surface area contributed by atoms with Crippen molar-refractivity contribution in [2.45, 2.75) is 12.6 Å². The fraction of sp³-hybridized carbons (Fsp3) is 0.417. The van der Waals surface area contributed by atoms with Crippen molar-refractivity contribution >= 4 is 21.8 Å². The van der Waals surface area contributed by atoms with Crippen molar-refractivity contribution in [1.82, 2.24) is 10.2 Å². The highest BCUT2D eigenvalue weighted by Crippen LogP contribution is 2.17. The molecule has 1 aromatic rings. The first kappa shape index (κ1) is 13.5. The summed E-state index contributed by atoms with van der Waals surface area (Å²) in [6.07, 6.45) is 0. The molecule has 0 saturated carbocycles. The molecule has 2 rings (SSSR count). The molecule has 1 atom stereocenters. The molecule has 1 heterocycles. The summed E-state index contributed by atoms with van der Waals surface area (Å²) in [7, 11) is 0. The molecule has 1 fully saturated rings. The second kappa shape index (κ2) is 5.77. The highest BCUT2D eigenvalue weighted by atomic mass is 79.9. The molecule has 1 aromatic carbocycles. The second-order valence-corrected chi connectivity index (χ2v) is 5.29. The van der Waals surface area contributed by atoms with Gasteiger partial charge in [-0.25, -0.2) is 4.39 Å². The van der Waals surface area contributed by atoms with Gasteiger partial charge in [-0.1, -0.05) is 15.9 Å². The van der Waals surface area contributed by atoms with Crippen molar-refractivity contribution in [3.8, 4) is 0 Å². The van der Waals surface area contributed by atoms with Gasteiger partial charge in [-0.15, -0.1) is 0 Å². The number of nitrogens with two attached hydrogens (primary N) is 1. The van der Waals surface area contributed by atoms with E-state index >= 15 is 0 Å². The number of piperazine rings is 1. The minimum Gasteiger partial charge on any atom is -0.368 e. The van der Waals surface area contributed by atoms with Crippen molar-refractivity contribution in [3.05, 3.63) is 34.1 Å². The number of amides is 1. The van der Waals surface area contributed by atoms with Crippen LogP contribution in [0.3, 0.4) is 0 Å². The Morgan fingerprint density at radius 2 is 2.33 bits per heavy atom. The molecule has 98 valence electrons. The molecule has 0 radical (unpaired) electrons. The standard InChI is InChI=1S/C12H15BrFN3O/c13-9-3-8(4-10(14)5-9)7-17-2-1-16-6-11(17)12(15)18/h3-5,11,16H,1-2,6-7H2,(H2,15,18). The Morgan fingerprint density at radius 3 is 3.00 bits per heavy atom. The predicted molar refractivity (Wildman–Crippen MR) is 70.4 cm³/mol. The van der Waals surface area contributed by atoms with Gasteiger partial charge in [0.25, 0.3) is 0 Å². The van der Waals surface area contributed by atoms with Gasteiger partial charge in [0.1, 0.15) is 11.9 Å². The lowest BCUT2D eigenvalue weighted by Gasteiger charge is -2.34. The number of carbonyl (C=O) groups excluding carboxylic acids is 1. The van der Waals surface area contributed by atoms with Crippen molar-refractivity contribution in [3.63, 3.8) is 0 Å². The zero-order valence-electron chi connectivity index (χ0n) is 9.83. The van der Waals surface area contributed by atoms with Crippen molar-refractivity contribution in [1.29, 1.82) is 0 Å². The second-order valence-electron chi connectivity index (χ2n) is 4.37. The number of halogens is 2. The number of hydrogen-bond acceptors (Lipinski definition) is 3. The molecule has 0 aromatic heterocycles. The van der Waals surface area contributed by atoms with Crippen molar-refractivity contribution < 1.29 is 9.18 Å². The number of benzene rings is 1. The highest BCUT2D eigenvalue weighted by molar-refractivity contribution is 9.10. The molecule has 1 amide bonds. The van der Waals surface area contributed by atoms with Gasteiger partial charge in [0.2, 0.25) is 5.91 Å². The summed E-state index contributed by atoms with van der Waals surface area (Å²) in [5.74, 6) is -0.636. The molecule has 0 aliphatic carbocycles. The first-order chi connectivity index (χ1) is 8.56. The van der Waals surface area contributed by atoms with Gasteiger partial charge in [-0.05, 0) is 23.8 Å². The average Bonchev–Trinajstić information content (AvgIpc) is 2.27. The number of nitrogens with zero attached hydrogens (tertiary/aromatic N) is 1. The van der Waals surface area contributed by atoms with Crippen LogP contribution in [0.2, 0.25) is 0 Å². The van der Waals surface area contributed by atoms with Gasteiger partial charge in [0.15, 0.2) is 0 Å². The normalized spacial score (nSPS) is 20.9. The summed E-state index contributed by atoms with van der Waals surface area (Å²) in [5, 5.41) is 3.13. The van der Waals surface area contributed by atoms with Crippen LogP contribution in [0.1, 0.15) is 5.56 Å². The molecule has 1 unspecified atom stereocenters. The Labute approximate surface area is 113 Å². The number of hydrogen-bond donors (Lipinski definition) is 2. The van der Waals surface area contributed by atoms with Gasteiger partial charge < -0.3 is 11.1 Å². The Hall–Kier alpha value is -0.980. The van der Waals surface area contributed by atoms with Gasteiger partial charge in [0.05, 0.1) is 0 Å². The van der Waals surface area contributed by atoms with E-state index in [1.165, 1.54) is 12.1 Å². The van der Waals surface area contributed by atoms with E-state index in [9.17, 15) is 9.18 Å². The lowest BCUT2D eigenvalue weighted by Crippen LogP contribution is -2.56. The van der Waals surface area contributed by atoms with E-state index in [0.29, 0.717) is 17.6 Å². The minimum absolute atomic E-state index is 0.287. The highest BCUT2D eigenvalue weighted by Gasteiger charge is 2.26. The van der Waals surface area contributed by atoms with Crippen LogP contribution in [0.5, 0.6) is 0 Å². The van der Waals surface area contributed by atoms with Crippen LogP contribution in [0, 0.1) is 5.82 Å². The first-order valence-corrected chi connectivity index (χ1v) is 6.54. The largest absolute Gasteiger partial charge is 0.368 e. The maximum absolute atomic E-state index is 13.3. The quantitative estimate of drug-likeness (QED) is 0.869. The topological polar surface area (TPSA) is 58.4 Å². The Morgan fingerprint density at radius 1 is 1.56 bits per heavy atom. The summed E-state index contributed by atoms with van der Waals surface area (Å²) < 4.78 is 14.0. The molecule has 1 aliphatic heterocycles. The number of carbonyl (C=O) groups is 1. The van der Waals surface area contributed by atoms with Gasteiger partial charge >= 0.3 is 0 Å². The Kier molecular flexibility index (Phi) is 4.31. The molecular weight excluding hydrogens is 301 g/mol. The van der Waals surface area contributed by atoms with E-state index in [4.69, 9.17) is 5.73 Å². The number of rotatable bonds is 3. The summed E-state index contributed by atoms with van der Waals surface area (Å²) in [6.45, 7) is 2.60. The molecule has 6 heteroatoms. The lowest BCUT2D eigenvalue weighted by molar-refractivity contribution is -0.124. The zero-order valence-corrected chi connectivity index (χ0v) is 11.4. The summed E-state index contributed by atoms with van der Waals surface area (Å²) in [6, 6.07) is 4.40. The number of nitrogens with one attached hydrogen (secondary N) is 1. The van der Waals surface area contributed by atoms with Crippen molar-refractivity contribution in [2.24, 2.45) is 5.73 Å². The van der Waals surface area contributed by atoms with E-state index in [-0.39, 0.29) is 17.8 Å². The molecule has 0 bridgehead atoms. The van der Waals surface area contributed by atoms with E-state index in [0.717, 1.165) is 18.7 Å². The lowest BCUT2D eigenvalue weighted by atomic mass is 10.1. The summed E-state index contributed by atoms with van der Waals surface area (Å²) >= 11 is 3.26. The maximum Gasteiger partial charge on any atom is 0.236 e. The minimum atomic E-state index is -0.349. The summed E-state index contributed by atoms with van der Waals surface area (Å²) in [5.41, 5.74) is 6.20. The van der Waals surface area contributed by atoms with E-state index in [1.54, 1.807) is 0 Å². The number of primary amides is 1. The molecule has 1 saturated heterocycles. The van der Waals surface area contributed by atoms with E-state index in [2.05, 4.69) is 21.2 Å². The average molecular weight is 316 g/mol. The van der Waals surface area contributed by atoms with Crippen LogP contribution < -0.4 is 11.1 Å². The van der Waals surface area contributed by atoms with Gasteiger partial charge in [-0.2, -0.15) is 0 Å². The van der Waals surface area contributed by atoms with Crippen molar-refractivity contribution in [2.75, 3.05) is 19.6 Å². The molecule has 4 nitrogen and oxygen atoms in total. The SMILES string of the molecule is NC(=O)C1CNCCN1Cc1cc(F)cc(Br)c1. The molecule has 1 aliphatic rings. The fourth-order valence-electron chi connectivity index (χ4n) is 2.15. The maximum atomic E-state index is 13.3. The third kappa shape index (κ3) is 3.28. The third-order valence-corrected chi connectivity index (χ3v) is 3.45. The molecule has 18 heavy (non-hydrogen) atoms. The summed E-state index contributed by atoms with van der Waals surface area (Å²) in [4.78, 5) is 13.3. The molecule has 3 N–H and O–H groups in total. The fourth-order valence-corrected chi connectivity index (χ4v) is 2.67. The van der Waals surface area contributed by atoms with Crippen LogP contribution in [-0.4, -0.2) is 36.5 Å². The predicted octanol–water partition coefficient (Wildman–Crippen LogP) is 0.847. The van der Waals surface area contributed by atoms with E-state index < -0.39 is 0 Å². The van der Waals surface area contributed by atoms with Gasteiger partial charge in [0, 0.05) is 30.7 Å². The van der Waals surface area contributed by atoms with Crippen LogP contribution in [-0.2, 0) is 11.3 Å². The third-order valence-electron chi connectivity index (χ3n) is 2.99. The Bertz CT molecular complexity index is 435. The van der Waals surface area contributed by atoms with Gasteiger partial charge in [-0.3, -0.25) is 9.69 Å². The van der Waals surface area contributed by atoms with Crippen LogP contribution in [0.15, 0.2) is 22.7 Å². The molecule has 0 spiro atoms. The first-order valence-electron chi connectivity index (χ1n) is 5.75. The van der Waals surface area contributed by atoms with E-state index in [1.807, 2.05) is 11.0 Å². The van der Waals surface area contributed by atoms with Crippen LogP contribution in [0.25, 0.3) is 0 Å². The zero-order chi connectivity index (χ0) is 13.1. The molecular formula is C12H15BrFN3O. The monoisotopic (exact) mass is 315 g/mol.